The second-order valence-electron chi connectivity index (χ2n) is 4.40. The van der Waals surface area contributed by atoms with Gasteiger partial charge in [0.25, 0.3) is 10.0 Å². The number of nitrogens with two attached hydrogens (primary N) is 1. The minimum atomic E-state index is -3.69. The summed E-state index contributed by atoms with van der Waals surface area (Å²) in [6, 6.07) is 9.88. The quantitative estimate of drug-likeness (QED) is 0.909. The minimum Gasteiger partial charge on any atom is -0.326 e. The molecule has 0 atom stereocenters. The molecule has 0 saturated carbocycles. The van der Waals surface area contributed by atoms with Crippen LogP contribution in [0.3, 0.4) is 0 Å². The number of anilines is 1. The van der Waals surface area contributed by atoms with Gasteiger partial charge >= 0.3 is 0 Å². The maximum Gasteiger partial charge on any atom is 0.261 e. The first-order chi connectivity index (χ1) is 9.42. The Bertz CT molecular complexity index is 712. The lowest BCUT2D eigenvalue weighted by molar-refractivity contribution is 0.601. The van der Waals surface area contributed by atoms with Gasteiger partial charge in [-0.05, 0) is 54.4 Å². The monoisotopic (exact) mass is 294 g/mol. The molecule has 0 saturated heterocycles. The molecule has 0 radical (unpaired) electrons. The zero-order chi connectivity index (χ0) is 14.8. The van der Waals surface area contributed by atoms with Crippen LogP contribution >= 0.6 is 0 Å². The first kappa shape index (κ1) is 14.5. The van der Waals surface area contributed by atoms with Crippen molar-refractivity contribution >= 4 is 15.7 Å². The Hall–Kier alpha value is -1.92. The van der Waals surface area contributed by atoms with Gasteiger partial charge in [0.05, 0.1) is 4.90 Å². The average molecular weight is 294 g/mol. The number of hydrogen-bond donors (Lipinski definition) is 2. The molecule has 0 fully saturated rings. The number of sulfonamides is 1. The molecule has 6 heteroatoms. The van der Waals surface area contributed by atoms with Crippen LogP contribution in [0.4, 0.5) is 10.1 Å². The molecule has 106 valence electrons. The second-order valence-corrected chi connectivity index (χ2v) is 6.09. The molecule has 2 aromatic carbocycles. The van der Waals surface area contributed by atoms with Crippen LogP contribution in [0.2, 0.25) is 0 Å². The van der Waals surface area contributed by atoms with Gasteiger partial charge in [-0.1, -0.05) is 6.07 Å². The van der Waals surface area contributed by atoms with Gasteiger partial charge in [-0.2, -0.15) is 0 Å². The molecule has 0 aliphatic carbocycles. The molecule has 0 amide bonds. The van der Waals surface area contributed by atoms with Gasteiger partial charge in [0.2, 0.25) is 0 Å². The van der Waals surface area contributed by atoms with E-state index in [4.69, 9.17) is 5.73 Å². The zero-order valence-corrected chi connectivity index (χ0v) is 11.7. The number of benzene rings is 2. The van der Waals surface area contributed by atoms with Crippen molar-refractivity contribution in [2.45, 2.75) is 18.4 Å². The maximum atomic E-state index is 12.8. The van der Waals surface area contributed by atoms with Gasteiger partial charge in [0.1, 0.15) is 5.82 Å². The second kappa shape index (κ2) is 5.60. The highest BCUT2D eigenvalue weighted by atomic mass is 32.2. The fourth-order valence-electron chi connectivity index (χ4n) is 1.80. The molecule has 0 spiro atoms. The summed E-state index contributed by atoms with van der Waals surface area (Å²) in [6.07, 6.45) is 0. The third-order valence-electron chi connectivity index (χ3n) is 2.94. The summed E-state index contributed by atoms with van der Waals surface area (Å²) in [4.78, 5) is 0.150. The van der Waals surface area contributed by atoms with Crippen molar-refractivity contribution in [3.8, 4) is 0 Å². The van der Waals surface area contributed by atoms with Gasteiger partial charge in [0, 0.05) is 12.2 Å². The Morgan fingerprint density at radius 2 is 1.80 bits per heavy atom. The zero-order valence-electron chi connectivity index (χ0n) is 10.9. The largest absolute Gasteiger partial charge is 0.326 e. The molecule has 20 heavy (non-hydrogen) atoms. The predicted octanol–water partition coefficient (Wildman–Crippen LogP) is 2.39. The Labute approximate surface area is 117 Å². The minimum absolute atomic E-state index is 0.150. The normalized spacial score (nSPS) is 11.3. The fourth-order valence-corrected chi connectivity index (χ4v) is 2.94. The van der Waals surface area contributed by atoms with Gasteiger partial charge in [-0.3, -0.25) is 4.72 Å². The van der Waals surface area contributed by atoms with Gasteiger partial charge in [-0.15, -0.1) is 0 Å². The van der Waals surface area contributed by atoms with Crippen molar-refractivity contribution in [3.63, 3.8) is 0 Å². The Kier molecular flexibility index (Phi) is 4.06. The van der Waals surface area contributed by atoms with Crippen LogP contribution in [0.5, 0.6) is 0 Å². The van der Waals surface area contributed by atoms with Crippen LogP contribution in [0.1, 0.15) is 11.1 Å². The Morgan fingerprint density at radius 1 is 1.15 bits per heavy atom. The van der Waals surface area contributed by atoms with Crippen molar-refractivity contribution in [1.29, 1.82) is 0 Å². The van der Waals surface area contributed by atoms with Gasteiger partial charge in [0.15, 0.2) is 0 Å². The van der Waals surface area contributed by atoms with Crippen LogP contribution in [0, 0.1) is 12.7 Å². The van der Waals surface area contributed by atoms with Crippen molar-refractivity contribution in [3.05, 3.63) is 59.4 Å². The summed E-state index contributed by atoms with van der Waals surface area (Å²) in [5, 5.41) is 0. The van der Waals surface area contributed by atoms with E-state index in [9.17, 15) is 12.8 Å². The summed E-state index contributed by atoms with van der Waals surface area (Å²) in [5.41, 5.74) is 7.57. The summed E-state index contributed by atoms with van der Waals surface area (Å²) < 4.78 is 39.6. The third kappa shape index (κ3) is 3.15. The molecular weight excluding hydrogens is 279 g/mol. The molecule has 0 aliphatic rings. The smallest absolute Gasteiger partial charge is 0.261 e. The molecule has 0 bridgehead atoms. The highest BCUT2D eigenvalue weighted by molar-refractivity contribution is 7.92. The van der Waals surface area contributed by atoms with Crippen LogP contribution in [-0.4, -0.2) is 8.42 Å². The molecular formula is C14H15FN2O2S. The summed E-state index contributed by atoms with van der Waals surface area (Å²) in [7, 11) is -3.69. The van der Waals surface area contributed by atoms with E-state index in [-0.39, 0.29) is 4.90 Å². The molecule has 4 nitrogen and oxygen atoms in total. The molecule has 2 rings (SSSR count). The fraction of sp³-hybridized carbons (Fsp3) is 0.143. The SMILES string of the molecule is Cc1cc(S(=O)(=O)Nc2ccc(F)cc2)ccc1CN. The summed E-state index contributed by atoms with van der Waals surface area (Å²) in [6.45, 7) is 2.16. The standard InChI is InChI=1S/C14H15FN2O2S/c1-10-8-14(7-2-11(10)9-16)20(18,19)17-13-5-3-12(15)4-6-13/h2-8,17H,9,16H2,1H3. The van der Waals surface area contributed by atoms with Crippen molar-refractivity contribution in [2.75, 3.05) is 4.72 Å². The summed E-state index contributed by atoms with van der Waals surface area (Å²) >= 11 is 0. The lowest BCUT2D eigenvalue weighted by Crippen LogP contribution is -2.13. The first-order valence-corrected chi connectivity index (χ1v) is 7.48. The van der Waals surface area contributed by atoms with E-state index >= 15 is 0 Å². The van der Waals surface area contributed by atoms with E-state index in [0.29, 0.717) is 12.2 Å². The Morgan fingerprint density at radius 3 is 2.35 bits per heavy atom. The topological polar surface area (TPSA) is 72.2 Å². The molecule has 0 heterocycles. The molecule has 0 aliphatic heterocycles. The van der Waals surface area contributed by atoms with Crippen molar-refractivity contribution < 1.29 is 12.8 Å². The average Bonchev–Trinajstić information content (AvgIpc) is 2.41. The predicted molar refractivity (Wildman–Crippen MR) is 76.3 cm³/mol. The lowest BCUT2D eigenvalue weighted by Gasteiger charge is -2.10. The lowest BCUT2D eigenvalue weighted by atomic mass is 10.1. The number of nitrogens with one attached hydrogen (secondary N) is 1. The van der Waals surface area contributed by atoms with Crippen LogP contribution in [-0.2, 0) is 16.6 Å². The van der Waals surface area contributed by atoms with Crippen LogP contribution < -0.4 is 10.5 Å². The molecule has 0 unspecified atom stereocenters. The van der Waals surface area contributed by atoms with E-state index in [0.717, 1.165) is 11.1 Å². The van der Waals surface area contributed by atoms with Gasteiger partial charge in [-0.25, -0.2) is 12.8 Å². The number of hydrogen-bond acceptors (Lipinski definition) is 3. The third-order valence-corrected chi connectivity index (χ3v) is 4.32. The maximum absolute atomic E-state index is 12.8. The molecule has 3 N–H and O–H groups in total. The van der Waals surface area contributed by atoms with Crippen molar-refractivity contribution in [2.24, 2.45) is 5.73 Å². The van der Waals surface area contributed by atoms with E-state index < -0.39 is 15.8 Å². The Balaban J connectivity index is 2.30. The highest BCUT2D eigenvalue weighted by Crippen LogP contribution is 2.19. The molecule has 0 aromatic heterocycles. The summed E-state index contributed by atoms with van der Waals surface area (Å²) in [5.74, 6) is -0.420. The van der Waals surface area contributed by atoms with E-state index in [1.54, 1.807) is 19.1 Å². The number of aryl methyl sites for hydroxylation is 1. The highest BCUT2D eigenvalue weighted by Gasteiger charge is 2.15. The van der Waals surface area contributed by atoms with Crippen LogP contribution in [0.25, 0.3) is 0 Å². The van der Waals surface area contributed by atoms with Gasteiger partial charge < -0.3 is 5.73 Å². The van der Waals surface area contributed by atoms with Crippen LogP contribution in [0.15, 0.2) is 47.4 Å². The van der Waals surface area contributed by atoms with E-state index in [2.05, 4.69) is 4.72 Å². The number of rotatable bonds is 4. The number of halogens is 1. The molecule has 2 aromatic rings. The van der Waals surface area contributed by atoms with E-state index in [1.807, 2.05) is 0 Å². The van der Waals surface area contributed by atoms with E-state index in [1.165, 1.54) is 30.3 Å². The van der Waals surface area contributed by atoms with Crippen molar-refractivity contribution in [1.82, 2.24) is 0 Å². The first-order valence-electron chi connectivity index (χ1n) is 6.00.